The predicted molar refractivity (Wildman–Crippen MR) is 67.0 cm³/mol. The van der Waals surface area contributed by atoms with Crippen molar-refractivity contribution in [1.29, 1.82) is 0 Å². The number of hydrogen-bond donors (Lipinski definition) is 5. The van der Waals surface area contributed by atoms with Gasteiger partial charge in [-0.2, -0.15) is 0 Å². The summed E-state index contributed by atoms with van der Waals surface area (Å²) in [5, 5.41) is 22.0. The third-order valence-electron chi connectivity index (χ3n) is 2.13. The highest BCUT2D eigenvalue weighted by Gasteiger charge is 2.22. The van der Waals surface area contributed by atoms with Gasteiger partial charge < -0.3 is 25.3 Å². The summed E-state index contributed by atoms with van der Waals surface area (Å²) in [6, 6.07) is 0. The summed E-state index contributed by atoms with van der Waals surface area (Å²) in [5.74, 6) is 0. The highest BCUT2D eigenvalue weighted by atomic mass is 31.2. The molecule has 0 aliphatic carbocycles. The summed E-state index contributed by atoms with van der Waals surface area (Å²) in [5.41, 5.74) is 0.132. The largest absolute Gasteiger partial charge is 0.469 e. The lowest BCUT2D eigenvalue weighted by molar-refractivity contribution is -0.0170. The number of hydrogen-bond acceptors (Lipinski definition) is 5. The van der Waals surface area contributed by atoms with Crippen LogP contribution in [0.1, 0.15) is 27.2 Å². The maximum Gasteiger partial charge on any atom is 0.469 e. The second kappa shape index (κ2) is 7.55. The molecule has 2 atom stereocenters. The van der Waals surface area contributed by atoms with E-state index < -0.39 is 26.6 Å². The Kier molecular flexibility index (Phi) is 7.54. The van der Waals surface area contributed by atoms with Gasteiger partial charge in [0.15, 0.2) is 0 Å². The molecule has 7 nitrogen and oxygen atoms in total. The first kappa shape index (κ1) is 18.0. The molecule has 0 saturated carbocycles. The van der Waals surface area contributed by atoms with E-state index in [0.29, 0.717) is 6.54 Å². The van der Waals surface area contributed by atoms with E-state index >= 15 is 0 Å². The Hall–Kier alpha value is -0.0100. The van der Waals surface area contributed by atoms with Crippen LogP contribution in [0.3, 0.4) is 0 Å². The molecule has 0 radical (unpaired) electrons. The fraction of sp³-hybridized carbons (Fsp3) is 1.00. The van der Waals surface area contributed by atoms with Crippen LogP contribution in [-0.4, -0.2) is 51.9 Å². The number of rotatable bonds is 8. The maximum atomic E-state index is 10.4. The molecule has 0 heterocycles. The van der Waals surface area contributed by atoms with Gasteiger partial charge in [-0.1, -0.05) is 20.8 Å². The first-order valence-corrected chi connectivity index (χ1v) is 7.31. The monoisotopic (exact) mass is 285 g/mol. The van der Waals surface area contributed by atoms with Crippen molar-refractivity contribution in [1.82, 2.24) is 5.32 Å². The van der Waals surface area contributed by atoms with Crippen molar-refractivity contribution in [3.63, 3.8) is 0 Å². The number of aliphatic hydroxyl groups excluding tert-OH is 2. The van der Waals surface area contributed by atoms with Crippen LogP contribution >= 0.6 is 7.82 Å². The lowest BCUT2D eigenvalue weighted by Crippen LogP contribution is -2.35. The van der Waals surface area contributed by atoms with Gasteiger partial charge in [-0.05, 0) is 24.9 Å². The van der Waals surface area contributed by atoms with Crippen LogP contribution in [0.25, 0.3) is 0 Å². The van der Waals surface area contributed by atoms with E-state index in [9.17, 15) is 14.8 Å². The fourth-order valence-corrected chi connectivity index (χ4v) is 1.54. The molecule has 2 unspecified atom stereocenters. The fourth-order valence-electron chi connectivity index (χ4n) is 1.19. The van der Waals surface area contributed by atoms with Crippen LogP contribution in [0.4, 0.5) is 0 Å². The van der Waals surface area contributed by atoms with E-state index in [2.05, 4.69) is 30.6 Å². The van der Waals surface area contributed by atoms with Crippen molar-refractivity contribution < 1.29 is 29.1 Å². The third-order valence-corrected chi connectivity index (χ3v) is 2.62. The van der Waals surface area contributed by atoms with E-state index in [1.54, 1.807) is 0 Å². The molecule has 0 fully saturated rings. The van der Waals surface area contributed by atoms with E-state index in [1.165, 1.54) is 0 Å². The normalized spacial score (nSPS) is 16.6. The van der Waals surface area contributed by atoms with Crippen molar-refractivity contribution in [2.45, 2.75) is 39.4 Å². The second-order valence-electron chi connectivity index (χ2n) is 5.45. The minimum absolute atomic E-state index is 0.132. The molecule has 110 valence electrons. The van der Waals surface area contributed by atoms with Gasteiger partial charge in [0.05, 0.1) is 12.7 Å². The number of phosphoric acid groups is 1. The van der Waals surface area contributed by atoms with E-state index in [0.717, 1.165) is 6.54 Å². The molecule has 0 aliphatic rings. The van der Waals surface area contributed by atoms with Gasteiger partial charge in [-0.15, -0.1) is 0 Å². The summed E-state index contributed by atoms with van der Waals surface area (Å²) < 4.78 is 14.5. The maximum absolute atomic E-state index is 10.4. The van der Waals surface area contributed by atoms with Crippen molar-refractivity contribution in [3.8, 4) is 0 Å². The zero-order valence-electron chi connectivity index (χ0n) is 11.0. The van der Waals surface area contributed by atoms with Gasteiger partial charge in [0.25, 0.3) is 0 Å². The van der Waals surface area contributed by atoms with E-state index in [1.807, 2.05) is 0 Å². The molecule has 0 aromatic carbocycles. The molecule has 0 bridgehead atoms. The van der Waals surface area contributed by atoms with Crippen molar-refractivity contribution in [3.05, 3.63) is 0 Å². The smallest absolute Gasteiger partial charge is 0.390 e. The first-order valence-electron chi connectivity index (χ1n) is 5.78. The predicted octanol–water partition coefficient (Wildman–Crippen LogP) is -0.157. The van der Waals surface area contributed by atoms with Gasteiger partial charge in [0.1, 0.15) is 6.10 Å². The Bertz CT molecular complexity index is 274. The summed E-state index contributed by atoms with van der Waals surface area (Å²) in [7, 11) is -4.60. The van der Waals surface area contributed by atoms with Crippen molar-refractivity contribution in [2.24, 2.45) is 5.41 Å². The average molecular weight is 285 g/mol. The third kappa shape index (κ3) is 11.1. The Morgan fingerprint density at radius 1 is 1.22 bits per heavy atom. The van der Waals surface area contributed by atoms with E-state index in [-0.39, 0.29) is 11.8 Å². The van der Waals surface area contributed by atoms with Crippen LogP contribution in [0, 0.1) is 5.41 Å². The summed E-state index contributed by atoms with van der Waals surface area (Å²) in [6.07, 6.45) is -2.11. The minimum Gasteiger partial charge on any atom is -0.390 e. The van der Waals surface area contributed by atoms with Crippen LogP contribution in [0.5, 0.6) is 0 Å². The summed E-state index contributed by atoms with van der Waals surface area (Å²) >= 11 is 0. The van der Waals surface area contributed by atoms with Gasteiger partial charge >= 0.3 is 7.82 Å². The van der Waals surface area contributed by atoms with Crippen LogP contribution < -0.4 is 5.32 Å². The average Bonchev–Trinajstić information content (AvgIpc) is 2.18. The lowest BCUT2D eigenvalue weighted by atomic mass is 9.97. The molecular formula is C10H24NO6P. The highest BCUT2D eigenvalue weighted by molar-refractivity contribution is 7.46. The second-order valence-corrected chi connectivity index (χ2v) is 6.69. The van der Waals surface area contributed by atoms with Crippen molar-refractivity contribution in [2.75, 3.05) is 19.7 Å². The molecule has 0 rings (SSSR count). The molecule has 0 aliphatic heterocycles. The quantitative estimate of drug-likeness (QED) is 0.310. The number of nitrogens with one attached hydrogen (secondary N) is 1. The minimum atomic E-state index is -4.60. The molecule has 0 spiro atoms. The molecule has 18 heavy (non-hydrogen) atoms. The summed E-state index contributed by atoms with van der Waals surface area (Å²) in [4.78, 5) is 16.9. The zero-order valence-corrected chi connectivity index (χ0v) is 11.9. The van der Waals surface area contributed by atoms with Gasteiger partial charge in [-0.3, -0.25) is 4.52 Å². The first-order chi connectivity index (χ1) is 8.01. The molecular weight excluding hydrogens is 261 g/mol. The molecule has 0 aromatic rings. The lowest BCUT2D eigenvalue weighted by Gasteiger charge is -2.21. The number of phosphoric ester groups is 1. The highest BCUT2D eigenvalue weighted by Crippen LogP contribution is 2.35. The standard InChI is InChI=1S/C10H24NO6P/c1-10(2,3)7-11-5-4-8(12)9(13)6-17-18(14,15)16/h8-9,11-13H,4-7H2,1-3H3,(H2,14,15,16). The molecule has 5 N–H and O–H groups in total. The molecule has 0 saturated heterocycles. The zero-order chi connectivity index (χ0) is 14.4. The van der Waals surface area contributed by atoms with Crippen LogP contribution in [0.15, 0.2) is 0 Å². The van der Waals surface area contributed by atoms with Gasteiger partial charge in [0.2, 0.25) is 0 Å². The SMILES string of the molecule is CC(C)(C)CNCCC(O)C(O)COP(=O)(O)O. The van der Waals surface area contributed by atoms with Crippen LogP contribution in [0.2, 0.25) is 0 Å². The molecule has 0 aromatic heterocycles. The van der Waals surface area contributed by atoms with Crippen LogP contribution in [-0.2, 0) is 9.09 Å². The molecule has 8 heteroatoms. The van der Waals surface area contributed by atoms with Crippen molar-refractivity contribution >= 4 is 7.82 Å². The Morgan fingerprint density at radius 3 is 2.22 bits per heavy atom. The van der Waals surface area contributed by atoms with Gasteiger partial charge in [0, 0.05) is 0 Å². The Balaban J connectivity index is 3.75. The molecule has 0 amide bonds. The number of aliphatic hydroxyl groups is 2. The van der Waals surface area contributed by atoms with E-state index in [4.69, 9.17) is 9.79 Å². The Labute approximate surface area is 107 Å². The topological polar surface area (TPSA) is 119 Å². The van der Waals surface area contributed by atoms with Gasteiger partial charge in [-0.25, -0.2) is 4.57 Å². The Morgan fingerprint density at radius 2 is 1.78 bits per heavy atom. The summed E-state index contributed by atoms with van der Waals surface area (Å²) in [6.45, 7) is 6.89.